The minimum atomic E-state index is -0.0465. The molecule has 2 heterocycles. The Kier molecular flexibility index (Phi) is 6.00. The molecule has 2 rings (SSSR count). The van der Waals surface area contributed by atoms with E-state index in [1.54, 1.807) is 10.9 Å². The molecule has 0 radical (unpaired) electrons. The highest BCUT2D eigenvalue weighted by Crippen LogP contribution is 2.06. The fourth-order valence-corrected chi connectivity index (χ4v) is 2.76. The molecule has 7 heteroatoms. The van der Waals surface area contributed by atoms with Crippen molar-refractivity contribution in [1.82, 2.24) is 29.8 Å². The van der Waals surface area contributed by atoms with Crippen molar-refractivity contribution in [2.45, 2.75) is 53.2 Å². The average molecular weight is 332 g/mol. The highest BCUT2D eigenvalue weighted by atomic mass is 16.2. The van der Waals surface area contributed by atoms with Gasteiger partial charge in [0.15, 0.2) is 0 Å². The van der Waals surface area contributed by atoms with Crippen LogP contribution in [0.2, 0.25) is 0 Å². The molecular formula is C17H28N6O. The van der Waals surface area contributed by atoms with E-state index >= 15 is 0 Å². The number of nitrogens with one attached hydrogen (secondary N) is 1. The number of carbonyl (C=O) groups is 1. The van der Waals surface area contributed by atoms with E-state index in [0.717, 1.165) is 23.4 Å². The molecule has 2 aromatic heterocycles. The summed E-state index contributed by atoms with van der Waals surface area (Å²) in [5, 5.41) is 11.7. The van der Waals surface area contributed by atoms with Gasteiger partial charge < -0.3 is 10.2 Å². The van der Waals surface area contributed by atoms with Gasteiger partial charge >= 0.3 is 6.03 Å². The maximum Gasteiger partial charge on any atom is 0.317 e. The second-order valence-corrected chi connectivity index (χ2v) is 6.40. The standard InChI is InChI=1S/C17H28N6O/c1-6-7-22(12-16-9-18-21(5)11-16)17(24)19-14(3)10-23-15(4)8-13(2)20-23/h8-9,11,14H,6-7,10,12H2,1-5H3,(H,19,24)/t14-/m1/s1. The van der Waals surface area contributed by atoms with Gasteiger partial charge in [0.25, 0.3) is 0 Å². The van der Waals surface area contributed by atoms with Gasteiger partial charge in [-0.05, 0) is 33.3 Å². The first-order valence-corrected chi connectivity index (χ1v) is 8.43. The second kappa shape index (κ2) is 7.99. The number of hydrogen-bond donors (Lipinski definition) is 1. The molecule has 0 aromatic carbocycles. The minimum absolute atomic E-state index is 0.00348. The zero-order valence-corrected chi connectivity index (χ0v) is 15.3. The van der Waals surface area contributed by atoms with E-state index in [-0.39, 0.29) is 12.1 Å². The van der Waals surface area contributed by atoms with Crippen LogP contribution in [-0.2, 0) is 20.1 Å². The Morgan fingerprint density at radius 2 is 2.17 bits per heavy atom. The SMILES string of the molecule is CCCN(Cc1cnn(C)c1)C(=O)N[C@H](C)Cn1nc(C)cc1C. The van der Waals surface area contributed by atoms with E-state index < -0.39 is 0 Å². The number of nitrogens with zero attached hydrogens (tertiary/aromatic N) is 5. The lowest BCUT2D eigenvalue weighted by molar-refractivity contribution is 0.190. The normalized spacial score (nSPS) is 12.2. The van der Waals surface area contributed by atoms with Gasteiger partial charge in [-0.15, -0.1) is 0 Å². The van der Waals surface area contributed by atoms with Gasteiger partial charge in [0, 0.05) is 37.1 Å². The lowest BCUT2D eigenvalue weighted by Gasteiger charge is -2.24. The maximum atomic E-state index is 12.6. The summed E-state index contributed by atoms with van der Waals surface area (Å²) in [6, 6.07) is 2.00. The number of aryl methyl sites for hydroxylation is 3. The van der Waals surface area contributed by atoms with Crippen molar-refractivity contribution in [3.63, 3.8) is 0 Å². The molecule has 24 heavy (non-hydrogen) atoms. The third-order valence-electron chi connectivity index (χ3n) is 3.83. The van der Waals surface area contributed by atoms with Gasteiger partial charge in [-0.1, -0.05) is 6.92 Å². The van der Waals surface area contributed by atoms with Gasteiger partial charge in [-0.3, -0.25) is 9.36 Å². The Morgan fingerprint density at radius 3 is 2.71 bits per heavy atom. The highest BCUT2D eigenvalue weighted by Gasteiger charge is 2.17. The quantitative estimate of drug-likeness (QED) is 0.845. The van der Waals surface area contributed by atoms with Crippen molar-refractivity contribution in [1.29, 1.82) is 0 Å². The minimum Gasteiger partial charge on any atom is -0.334 e. The van der Waals surface area contributed by atoms with Crippen molar-refractivity contribution in [3.8, 4) is 0 Å². The van der Waals surface area contributed by atoms with Gasteiger partial charge in [0.05, 0.1) is 25.0 Å². The molecule has 0 fully saturated rings. The van der Waals surface area contributed by atoms with E-state index in [2.05, 4.69) is 22.4 Å². The van der Waals surface area contributed by atoms with Crippen LogP contribution in [0.4, 0.5) is 4.79 Å². The molecule has 2 amide bonds. The first-order chi connectivity index (χ1) is 11.4. The molecule has 7 nitrogen and oxygen atoms in total. The first kappa shape index (κ1) is 18.0. The summed E-state index contributed by atoms with van der Waals surface area (Å²) in [6.07, 6.45) is 4.66. The molecule has 132 valence electrons. The maximum absolute atomic E-state index is 12.6. The van der Waals surface area contributed by atoms with Crippen molar-refractivity contribution < 1.29 is 4.79 Å². The van der Waals surface area contributed by atoms with Crippen LogP contribution in [0.5, 0.6) is 0 Å². The number of carbonyl (C=O) groups excluding carboxylic acids is 1. The second-order valence-electron chi connectivity index (χ2n) is 6.40. The molecule has 0 unspecified atom stereocenters. The Labute approximate surface area is 143 Å². The van der Waals surface area contributed by atoms with Crippen LogP contribution < -0.4 is 5.32 Å². The predicted molar refractivity (Wildman–Crippen MR) is 93.6 cm³/mol. The monoisotopic (exact) mass is 332 g/mol. The van der Waals surface area contributed by atoms with E-state index in [4.69, 9.17) is 0 Å². The van der Waals surface area contributed by atoms with Crippen molar-refractivity contribution >= 4 is 6.03 Å². The van der Waals surface area contributed by atoms with Crippen molar-refractivity contribution in [2.75, 3.05) is 6.54 Å². The van der Waals surface area contributed by atoms with Crippen LogP contribution in [0, 0.1) is 13.8 Å². The number of amides is 2. The number of rotatable bonds is 7. The summed E-state index contributed by atoms with van der Waals surface area (Å²) in [7, 11) is 1.88. The molecular weight excluding hydrogens is 304 g/mol. The van der Waals surface area contributed by atoms with Gasteiger partial charge in [-0.25, -0.2) is 4.79 Å². The van der Waals surface area contributed by atoms with Crippen LogP contribution in [0.15, 0.2) is 18.5 Å². The fourth-order valence-electron chi connectivity index (χ4n) is 2.76. The van der Waals surface area contributed by atoms with Crippen LogP contribution in [-0.4, -0.2) is 43.1 Å². The molecule has 0 spiro atoms. The molecule has 0 aliphatic rings. The molecule has 1 N–H and O–H groups in total. The molecule has 0 aliphatic heterocycles. The van der Waals surface area contributed by atoms with Crippen LogP contribution in [0.3, 0.4) is 0 Å². The van der Waals surface area contributed by atoms with E-state index in [1.807, 2.05) is 49.7 Å². The van der Waals surface area contributed by atoms with Gasteiger partial charge in [-0.2, -0.15) is 10.2 Å². The number of urea groups is 1. The van der Waals surface area contributed by atoms with E-state index in [1.165, 1.54) is 0 Å². The van der Waals surface area contributed by atoms with Crippen LogP contribution in [0.1, 0.15) is 37.2 Å². The zero-order valence-electron chi connectivity index (χ0n) is 15.3. The van der Waals surface area contributed by atoms with Crippen LogP contribution >= 0.6 is 0 Å². The van der Waals surface area contributed by atoms with Crippen LogP contribution in [0.25, 0.3) is 0 Å². The summed E-state index contributed by atoms with van der Waals surface area (Å²) >= 11 is 0. The molecule has 2 aromatic rings. The van der Waals surface area contributed by atoms with Gasteiger partial charge in [0.2, 0.25) is 0 Å². The van der Waals surface area contributed by atoms with E-state index in [0.29, 0.717) is 19.6 Å². The smallest absolute Gasteiger partial charge is 0.317 e. The van der Waals surface area contributed by atoms with Gasteiger partial charge in [0.1, 0.15) is 0 Å². The molecule has 0 bridgehead atoms. The van der Waals surface area contributed by atoms with Crippen molar-refractivity contribution in [2.24, 2.45) is 7.05 Å². The lowest BCUT2D eigenvalue weighted by Crippen LogP contribution is -2.45. The average Bonchev–Trinajstić information content (AvgIpc) is 3.04. The van der Waals surface area contributed by atoms with E-state index in [9.17, 15) is 4.79 Å². The lowest BCUT2D eigenvalue weighted by atomic mass is 10.3. The summed E-state index contributed by atoms with van der Waals surface area (Å²) in [4.78, 5) is 14.4. The Balaban J connectivity index is 1.94. The summed E-state index contributed by atoms with van der Waals surface area (Å²) in [5.41, 5.74) is 3.14. The first-order valence-electron chi connectivity index (χ1n) is 8.43. The largest absolute Gasteiger partial charge is 0.334 e. The number of hydrogen-bond acceptors (Lipinski definition) is 3. The third kappa shape index (κ3) is 4.84. The molecule has 0 saturated heterocycles. The van der Waals surface area contributed by atoms with Crippen molar-refractivity contribution in [3.05, 3.63) is 35.4 Å². The summed E-state index contributed by atoms with van der Waals surface area (Å²) in [6.45, 7) is 10.0. The highest BCUT2D eigenvalue weighted by molar-refractivity contribution is 5.74. The molecule has 0 saturated carbocycles. The molecule has 1 atom stereocenters. The number of aromatic nitrogens is 4. The molecule has 0 aliphatic carbocycles. The predicted octanol–water partition coefficient (Wildman–Crippen LogP) is 2.24. The Hall–Kier alpha value is -2.31. The fraction of sp³-hybridized carbons (Fsp3) is 0.588. The summed E-state index contributed by atoms with van der Waals surface area (Å²) in [5.74, 6) is 0. The Bertz CT molecular complexity index is 674. The zero-order chi connectivity index (χ0) is 17.7. The Morgan fingerprint density at radius 1 is 1.42 bits per heavy atom. The summed E-state index contributed by atoms with van der Waals surface area (Å²) < 4.78 is 3.69. The topological polar surface area (TPSA) is 68.0 Å². The third-order valence-corrected chi connectivity index (χ3v) is 3.83.